The van der Waals surface area contributed by atoms with Crippen molar-refractivity contribution in [2.24, 2.45) is 0 Å². The van der Waals surface area contributed by atoms with Crippen molar-refractivity contribution in [1.82, 2.24) is 9.97 Å². The molecule has 3 rings (SSSR count). The maximum atomic E-state index is 10.7. The van der Waals surface area contributed by atoms with Crippen LogP contribution in [0.5, 0.6) is 0 Å². The summed E-state index contributed by atoms with van der Waals surface area (Å²) in [7, 11) is 0. The first-order valence-electron chi connectivity index (χ1n) is 6.39. The molecule has 108 valence electrons. The number of nitrogens with two attached hydrogens (primary N) is 1. The van der Waals surface area contributed by atoms with E-state index in [0.717, 1.165) is 6.20 Å². The highest BCUT2D eigenvalue weighted by Crippen LogP contribution is 2.32. The molecule has 9 heteroatoms. The molecule has 3 heterocycles. The Hall–Kier alpha value is -2.00. The van der Waals surface area contributed by atoms with Crippen molar-refractivity contribution in [2.45, 2.75) is 18.6 Å². The van der Waals surface area contributed by atoms with Gasteiger partial charge in [0, 0.05) is 25.9 Å². The zero-order valence-corrected chi connectivity index (χ0v) is 10.8. The van der Waals surface area contributed by atoms with Crippen molar-refractivity contribution in [2.75, 3.05) is 36.9 Å². The van der Waals surface area contributed by atoms with Gasteiger partial charge in [0.2, 0.25) is 11.8 Å². The van der Waals surface area contributed by atoms with E-state index in [1.54, 1.807) is 0 Å². The quantitative estimate of drug-likeness (QED) is 0.608. The lowest BCUT2D eigenvalue weighted by Crippen LogP contribution is -2.45. The van der Waals surface area contributed by atoms with Crippen molar-refractivity contribution >= 4 is 17.5 Å². The van der Waals surface area contributed by atoms with Crippen LogP contribution >= 0.6 is 0 Å². The Kier molecular flexibility index (Phi) is 3.14. The zero-order valence-electron chi connectivity index (χ0n) is 10.8. The predicted molar refractivity (Wildman–Crippen MR) is 69.2 cm³/mol. The van der Waals surface area contributed by atoms with Crippen LogP contribution in [0.25, 0.3) is 0 Å². The summed E-state index contributed by atoms with van der Waals surface area (Å²) in [5.74, 6) is -0.183. The van der Waals surface area contributed by atoms with E-state index in [1.165, 1.54) is 0 Å². The highest BCUT2D eigenvalue weighted by Gasteiger charge is 2.40. The van der Waals surface area contributed by atoms with E-state index >= 15 is 0 Å². The third-order valence-corrected chi connectivity index (χ3v) is 3.60. The van der Waals surface area contributed by atoms with Gasteiger partial charge in [0.1, 0.15) is 6.20 Å². The van der Waals surface area contributed by atoms with E-state index in [4.69, 9.17) is 15.2 Å². The summed E-state index contributed by atoms with van der Waals surface area (Å²) in [5, 5.41) is 10.7. The molecule has 0 radical (unpaired) electrons. The van der Waals surface area contributed by atoms with E-state index in [9.17, 15) is 10.1 Å². The molecule has 2 aliphatic rings. The third kappa shape index (κ3) is 2.25. The van der Waals surface area contributed by atoms with Crippen LogP contribution < -0.4 is 10.6 Å². The Morgan fingerprint density at radius 1 is 1.35 bits per heavy atom. The molecule has 0 bridgehead atoms. The Morgan fingerprint density at radius 3 is 2.55 bits per heavy atom. The summed E-state index contributed by atoms with van der Waals surface area (Å²) in [6, 6.07) is 0. The Balaban J connectivity index is 1.72. The SMILES string of the molecule is Nc1nc(N2CCC3(CC2)OCCO3)ncc1[N+](=O)[O-]. The highest BCUT2D eigenvalue weighted by atomic mass is 16.7. The predicted octanol–water partition coefficient (Wildman–Crippen LogP) is 0.310. The van der Waals surface area contributed by atoms with E-state index < -0.39 is 10.7 Å². The normalized spacial score (nSPS) is 21.3. The number of hydrogen-bond acceptors (Lipinski definition) is 8. The van der Waals surface area contributed by atoms with Gasteiger partial charge in [-0.15, -0.1) is 0 Å². The Morgan fingerprint density at radius 2 is 2.00 bits per heavy atom. The zero-order chi connectivity index (χ0) is 14.2. The van der Waals surface area contributed by atoms with E-state index in [2.05, 4.69) is 9.97 Å². The van der Waals surface area contributed by atoms with Gasteiger partial charge in [-0.2, -0.15) is 4.98 Å². The van der Waals surface area contributed by atoms with Crippen LogP contribution in [0.1, 0.15) is 12.8 Å². The number of nitro groups is 1. The number of nitrogen functional groups attached to an aromatic ring is 1. The number of anilines is 2. The first-order valence-corrected chi connectivity index (χ1v) is 6.39. The molecule has 1 aromatic rings. The van der Waals surface area contributed by atoms with Crippen molar-refractivity contribution in [3.05, 3.63) is 16.3 Å². The molecule has 0 aromatic carbocycles. The van der Waals surface area contributed by atoms with Gasteiger partial charge in [-0.1, -0.05) is 0 Å². The second kappa shape index (κ2) is 4.84. The smallest absolute Gasteiger partial charge is 0.329 e. The molecule has 0 aliphatic carbocycles. The largest absolute Gasteiger partial charge is 0.378 e. The first-order chi connectivity index (χ1) is 9.60. The molecule has 2 saturated heterocycles. The number of rotatable bonds is 2. The molecule has 0 atom stereocenters. The van der Waals surface area contributed by atoms with Crippen LogP contribution in [-0.2, 0) is 9.47 Å². The Labute approximate surface area is 114 Å². The van der Waals surface area contributed by atoms with Gasteiger partial charge in [-0.05, 0) is 0 Å². The molecule has 9 nitrogen and oxygen atoms in total. The van der Waals surface area contributed by atoms with Crippen molar-refractivity contribution in [3.8, 4) is 0 Å². The van der Waals surface area contributed by atoms with Gasteiger partial charge in [0.25, 0.3) is 0 Å². The van der Waals surface area contributed by atoms with Crippen molar-refractivity contribution in [3.63, 3.8) is 0 Å². The molecule has 2 N–H and O–H groups in total. The summed E-state index contributed by atoms with van der Waals surface area (Å²) in [6.07, 6.45) is 2.57. The second-order valence-electron chi connectivity index (χ2n) is 4.79. The minimum absolute atomic E-state index is 0.117. The van der Waals surface area contributed by atoms with Gasteiger partial charge in [-0.3, -0.25) is 10.1 Å². The summed E-state index contributed by atoms with van der Waals surface area (Å²) in [6.45, 7) is 2.58. The van der Waals surface area contributed by atoms with E-state index in [-0.39, 0.29) is 11.5 Å². The molecule has 1 spiro atoms. The van der Waals surface area contributed by atoms with Crippen molar-refractivity contribution in [1.29, 1.82) is 0 Å². The fourth-order valence-electron chi connectivity index (χ4n) is 2.51. The van der Waals surface area contributed by atoms with Gasteiger partial charge in [0.15, 0.2) is 5.79 Å². The van der Waals surface area contributed by atoms with Crippen LogP contribution in [0.4, 0.5) is 17.5 Å². The molecule has 0 unspecified atom stereocenters. The number of ether oxygens (including phenoxy) is 2. The first kappa shape index (κ1) is 13.0. The van der Waals surface area contributed by atoms with Gasteiger partial charge in [0.05, 0.1) is 18.1 Å². The van der Waals surface area contributed by atoms with E-state index in [1.807, 2.05) is 4.90 Å². The second-order valence-corrected chi connectivity index (χ2v) is 4.79. The molecule has 2 aliphatic heterocycles. The molecular weight excluding hydrogens is 266 g/mol. The summed E-state index contributed by atoms with van der Waals surface area (Å²) in [5.41, 5.74) is 5.30. The summed E-state index contributed by atoms with van der Waals surface area (Å²) < 4.78 is 11.3. The van der Waals surface area contributed by atoms with Crippen LogP contribution in [0.3, 0.4) is 0 Å². The molecule has 20 heavy (non-hydrogen) atoms. The minimum Gasteiger partial charge on any atom is -0.378 e. The average molecular weight is 281 g/mol. The third-order valence-electron chi connectivity index (χ3n) is 3.60. The summed E-state index contributed by atoms with van der Waals surface area (Å²) in [4.78, 5) is 20.0. The van der Waals surface area contributed by atoms with Crippen LogP contribution in [0.15, 0.2) is 6.20 Å². The highest BCUT2D eigenvalue weighted by molar-refractivity contribution is 5.53. The number of hydrogen-bond donors (Lipinski definition) is 1. The fourth-order valence-corrected chi connectivity index (χ4v) is 2.51. The summed E-state index contributed by atoms with van der Waals surface area (Å²) >= 11 is 0. The molecular formula is C11H15N5O4. The maximum absolute atomic E-state index is 10.7. The van der Waals surface area contributed by atoms with Gasteiger partial charge in [-0.25, -0.2) is 4.98 Å². The standard InChI is InChI=1S/C11H15N5O4/c12-9-8(16(17)18)7-13-10(14-9)15-3-1-11(2-4-15)19-5-6-20-11/h7H,1-6H2,(H2,12,13,14). The lowest BCUT2D eigenvalue weighted by atomic mass is 10.0. The number of nitrogens with zero attached hydrogens (tertiary/aromatic N) is 4. The monoisotopic (exact) mass is 281 g/mol. The van der Waals surface area contributed by atoms with Crippen LogP contribution in [0.2, 0.25) is 0 Å². The van der Waals surface area contributed by atoms with Gasteiger partial charge < -0.3 is 20.1 Å². The van der Waals surface area contributed by atoms with Gasteiger partial charge >= 0.3 is 5.69 Å². The van der Waals surface area contributed by atoms with Crippen molar-refractivity contribution < 1.29 is 14.4 Å². The lowest BCUT2D eigenvalue weighted by molar-refractivity contribution is -0.384. The van der Waals surface area contributed by atoms with E-state index in [0.29, 0.717) is 45.1 Å². The number of aromatic nitrogens is 2. The topological polar surface area (TPSA) is 117 Å². The average Bonchev–Trinajstić information content (AvgIpc) is 2.87. The van der Waals surface area contributed by atoms with Crippen LogP contribution in [0, 0.1) is 10.1 Å². The number of piperidine rings is 1. The Bertz CT molecular complexity index is 522. The fraction of sp³-hybridized carbons (Fsp3) is 0.636. The maximum Gasteiger partial charge on any atom is 0.329 e. The van der Waals surface area contributed by atoms with Crippen LogP contribution in [-0.4, -0.2) is 47.0 Å². The molecule has 0 amide bonds. The molecule has 1 aromatic heterocycles. The molecule has 2 fully saturated rings. The molecule has 0 saturated carbocycles. The minimum atomic E-state index is -0.593. The lowest BCUT2D eigenvalue weighted by Gasteiger charge is -2.37.